The lowest BCUT2D eigenvalue weighted by molar-refractivity contribution is -0.140. The van der Waals surface area contributed by atoms with Crippen molar-refractivity contribution in [2.45, 2.75) is 58.5 Å². The molecule has 0 fully saturated rings. The van der Waals surface area contributed by atoms with Gasteiger partial charge in [-0.3, -0.25) is 9.59 Å². The highest BCUT2D eigenvalue weighted by Gasteiger charge is 2.26. The number of rotatable bonds is 12. The van der Waals surface area contributed by atoms with E-state index >= 15 is 0 Å². The number of carbonyl (C=O) groups excluding carboxylic acids is 2. The number of hydrogen-bond donors (Lipinski definition) is 0. The summed E-state index contributed by atoms with van der Waals surface area (Å²) in [7, 11) is 0. The number of hydrogen-bond acceptors (Lipinski definition) is 2. The average Bonchev–Trinajstić information content (AvgIpc) is 3.16. The van der Waals surface area contributed by atoms with Gasteiger partial charge >= 0.3 is 0 Å². The van der Waals surface area contributed by atoms with Crippen molar-refractivity contribution in [2.24, 2.45) is 5.92 Å². The molecule has 0 saturated carbocycles. The minimum atomic E-state index is -1.17. The van der Waals surface area contributed by atoms with Crippen LogP contribution < -0.4 is 0 Å². The third kappa shape index (κ3) is 8.18. The lowest BCUT2D eigenvalue weighted by Gasteiger charge is -2.29. The molecule has 0 aliphatic heterocycles. The maximum absolute atomic E-state index is 13.2. The summed E-state index contributed by atoms with van der Waals surface area (Å²) in [6.45, 7) is 10.5. The number of alkyl halides is 2. The molecule has 0 saturated heterocycles. The van der Waals surface area contributed by atoms with E-state index in [9.17, 15) is 9.59 Å². The Bertz CT molecular complexity index is 880. The van der Waals surface area contributed by atoms with Crippen LogP contribution in [0.3, 0.4) is 0 Å². The highest BCUT2D eigenvalue weighted by atomic mass is 35.5. The summed E-state index contributed by atoms with van der Waals surface area (Å²) in [5, 5.41) is 0. The Morgan fingerprint density at radius 2 is 1.84 bits per heavy atom. The average molecular weight is 480 g/mol. The van der Waals surface area contributed by atoms with Crippen molar-refractivity contribution in [3.05, 3.63) is 59.4 Å². The van der Waals surface area contributed by atoms with Gasteiger partial charge in [0, 0.05) is 31.5 Å². The molecule has 0 radical (unpaired) electrons. The van der Waals surface area contributed by atoms with Crippen molar-refractivity contribution in [3.63, 3.8) is 0 Å². The lowest BCUT2D eigenvalue weighted by Crippen LogP contribution is -2.46. The fraction of sp³-hybridized carbons (Fsp3) is 0.520. The van der Waals surface area contributed by atoms with Crippen molar-refractivity contribution in [1.82, 2.24) is 14.4 Å². The van der Waals surface area contributed by atoms with E-state index in [1.807, 2.05) is 37.1 Å². The van der Waals surface area contributed by atoms with E-state index in [1.54, 1.807) is 0 Å². The number of unbranched alkanes of at least 4 members (excludes halogenated alkanes) is 1. The number of carbonyl (C=O) groups is 2. The van der Waals surface area contributed by atoms with E-state index in [-0.39, 0.29) is 18.4 Å². The van der Waals surface area contributed by atoms with Gasteiger partial charge in [-0.2, -0.15) is 0 Å². The largest absolute Gasteiger partial charge is 0.345 e. The molecule has 0 bridgehead atoms. The summed E-state index contributed by atoms with van der Waals surface area (Å²) >= 11 is 11.6. The SMILES string of the molecule is CCCCN(Cc1cccn1Cc1cccc(C)c1)C(=O)CN(CC(C)C)C(=O)C(Cl)Cl. The van der Waals surface area contributed by atoms with Crippen LogP contribution >= 0.6 is 23.2 Å². The van der Waals surface area contributed by atoms with Crippen molar-refractivity contribution < 1.29 is 9.59 Å². The van der Waals surface area contributed by atoms with Crippen LogP contribution in [-0.2, 0) is 22.7 Å². The van der Waals surface area contributed by atoms with Gasteiger partial charge in [-0.05, 0) is 37.0 Å². The Hall–Kier alpha value is -1.98. The molecule has 0 aliphatic carbocycles. The molecule has 0 unspecified atom stereocenters. The molecule has 0 spiro atoms. The zero-order valence-corrected chi connectivity index (χ0v) is 21.1. The van der Waals surface area contributed by atoms with Gasteiger partial charge in [0.15, 0.2) is 4.84 Å². The molecule has 1 aromatic carbocycles. The van der Waals surface area contributed by atoms with Gasteiger partial charge in [0.2, 0.25) is 5.91 Å². The quantitative estimate of drug-likeness (QED) is 0.389. The van der Waals surface area contributed by atoms with Crippen LogP contribution in [0.15, 0.2) is 42.6 Å². The Balaban J connectivity index is 2.16. The molecular formula is C25H35Cl2N3O2. The van der Waals surface area contributed by atoms with E-state index in [0.717, 1.165) is 25.1 Å². The molecule has 32 heavy (non-hydrogen) atoms. The molecule has 176 valence electrons. The van der Waals surface area contributed by atoms with Crippen LogP contribution in [-0.4, -0.2) is 50.7 Å². The number of aromatic nitrogens is 1. The third-order valence-corrected chi connectivity index (χ3v) is 5.63. The van der Waals surface area contributed by atoms with Gasteiger partial charge in [-0.1, -0.05) is 80.2 Å². The molecule has 2 aromatic rings. The molecule has 5 nitrogen and oxygen atoms in total. The number of benzene rings is 1. The van der Waals surface area contributed by atoms with E-state index in [4.69, 9.17) is 23.2 Å². The van der Waals surface area contributed by atoms with E-state index < -0.39 is 10.7 Å². The standard InChI is InChI=1S/C25H35Cl2N3O2/c1-5-6-12-29(23(31)18-30(15-19(2)3)25(32)24(26)27)17-22-11-8-13-28(22)16-21-10-7-9-20(4)14-21/h7-11,13-14,19,24H,5-6,12,15-18H2,1-4H3. The van der Waals surface area contributed by atoms with Crippen LogP contribution in [0.2, 0.25) is 0 Å². The predicted molar refractivity (Wildman–Crippen MR) is 132 cm³/mol. The van der Waals surface area contributed by atoms with Crippen LogP contribution in [0.4, 0.5) is 0 Å². The van der Waals surface area contributed by atoms with Gasteiger partial charge in [0.1, 0.15) is 0 Å². The Morgan fingerprint density at radius 1 is 1.09 bits per heavy atom. The van der Waals surface area contributed by atoms with Crippen molar-refractivity contribution in [1.29, 1.82) is 0 Å². The molecule has 7 heteroatoms. The molecule has 0 N–H and O–H groups in total. The summed E-state index contributed by atoms with van der Waals surface area (Å²) in [5.41, 5.74) is 3.51. The Morgan fingerprint density at radius 3 is 2.47 bits per heavy atom. The monoisotopic (exact) mass is 479 g/mol. The topological polar surface area (TPSA) is 45.6 Å². The summed E-state index contributed by atoms with van der Waals surface area (Å²) in [4.78, 5) is 27.8. The highest BCUT2D eigenvalue weighted by molar-refractivity contribution is 6.53. The van der Waals surface area contributed by atoms with E-state index in [0.29, 0.717) is 19.6 Å². The first-order valence-electron chi connectivity index (χ1n) is 11.3. The maximum Gasteiger partial charge on any atom is 0.256 e. The van der Waals surface area contributed by atoms with Gasteiger partial charge in [-0.25, -0.2) is 0 Å². The smallest absolute Gasteiger partial charge is 0.256 e. The molecule has 2 amide bonds. The molecule has 2 rings (SSSR count). The second kappa shape index (κ2) is 12.9. The Labute approximate surface area is 202 Å². The van der Waals surface area contributed by atoms with Gasteiger partial charge < -0.3 is 14.4 Å². The van der Waals surface area contributed by atoms with Crippen molar-refractivity contribution in [2.75, 3.05) is 19.6 Å². The van der Waals surface area contributed by atoms with Crippen LogP contribution in [0, 0.1) is 12.8 Å². The van der Waals surface area contributed by atoms with Crippen LogP contribution in [0.1, 0.15) is 50.4 Å². The first kappa shape index (κ1) is 26.3. The van der Waals surface area contributed by atoms with Crippen LogP contribution in [0.25, 0.3) is 0 Å². The maximum atomic E-state index is 13.2. The summed E-state index contributed by atoms with van der Waals surface area (Å²) in [6.07, 6.45) is 3.92. The van der Waals surface area contributed by atoms with Gasteiger partial charge in [0.25, 0.3) is 5.91 Å². The second-order valence-corrected chi connectivity index (χ2v) is 9.79. The van der Waals surface area contributed by atoms with Crippen molar-refractivity contribution in [3.8, 4) is 0 Å². The van der Waals surface area contributed by atoms with Crippen molar-refractivity contribution >= 4 is 35.0 Å². The first-order chi connectivity index (χ1) is 15.2. The zero-order chi connectivity index (χ0) is 23.7. The predicted octanol–water partition coefficient (Wildman–Crippen LogP) is 5.26. The highest BCUT2D eigenvalue weighted by Crippen LogP contribution is 2.15. The summed E-state index contributed by atoms with van der Waals surface area (Å²) in [5.74, 6) is -0.312. The normalized spacial score (nSPS) is 11.2. The van der Waals surface area contributed by atoms with Gasteiger partial charge in [0.05, 0.1) is 13.1 Å². The Kier molecular flexibility index (Phi) is 10.6. The second-order valence-electron chi connectivity index (χ2n) is 8.70. The minimum absolute atomic E-state index is 0.0186. The van der Waals surface area contributed by atoms with E-state index in [2.05, 4.69) is 42.7 Å². The molecule has 1 heterocycles. The number of nitrogens with zero attached hydrogens (tertiary/aromatic N) is 3. The fourth-order valence-corrected chi connectivity index (χ4v) is 3.94. The summed E-state index contributed by atoms with van der Waals surface area (Å²) < 4.78 is 2.17. The first-order valence-corrected chi connectivity index (χ1v) is 12.1. The molecule has 0 aliphatic rings. The molecule has 0 atom stereocenters. The van der Waals surface area contributed by atoms with Crippen LogP contribution in [0.5, 0.6) is 0 Å². The number of aryl methyl sites for hydroxylation is 1. The summed E-state index contributed by atoms with van der Waals surface area (Å²) in [6, 6.07) is 12.5. The lowest BCUT2D eigenvalue weighted by atomic mass is 10.1. The number of halogens is 2. The fourth-order valence-electron chi connectivity index (χ4n) is 3.67. The third-order valence-electron chi connectivity index (χ3n) is 5.26. The number of amides is 2. The molecule has 1 aromatic heterocycles. The van der Waals surface area contributed by atoms with Gasteiger partial charge in [-0.15, -0.1) is 0 Å². The van der Waals surface area contributed by atoms with E-state index in [1.165, 1.54) is 16.0 Å². The molecular weight excluding hydrogens is 445 g/mol. The minimum Gasteiger partial charge on any atom is -0.345 e. The zero-order valence-electron chi connectivity index (χ0n) is 19.6.